The monoisotopic (exact) mass is 326 g/mol. The zero-order valence-corrected chi connectivity index (χ0v) is 12.9. The molecule has 0 radical (unpaired) electrons. The zero-order valence-electron chi connectivity index (χ0n) is 12.0. The molecule has 2 N–H and O–H groups in total. The average molecular weight is 326 g/mol. The largest absolute Gasteiger partial charge is 0.478 e. The number of nitrogens with one attached hydrogen (secondary N) is 1. The second-order valence-corrected chi connectivity index (χ2v) is 4.86. The standard InChI is InChI=1S/C17H14N2O3S/c20-15(11-12-16(21)22)19(14-9-5-2-6-10-14)17(23)18-13-7-3-1-4-8-13/h1-12H,(H,18,23)(H,21,22)/b12-11-. The number of carbonyl (C=O) groups excluding carboxylic acids is 1. The van der Waals surface area contributed by atoms with Gasteiger partial charge in [-0.2, -0.15) is 0 Å². The van der Waals surface area contributed by atoms with Gasteiger partial charge in [0.15, 0.2) is 5.11 Å². The van der Waals surface area contributed by atoms with Gasteiger partial charge < -0.3 is 10.4 Å². The number of carboxylic acid groups (broad SMARTS) is 1. The Balaban J connectivity index is 2.28. The Morgan fingerprint density at radius 3 is 2.09 bits per heavy atom. The van der Waals surface area contributed by atoms with Crippen molar-refractivity contribution >= 4 is 40.6 Å². The summed E-state index contributed by atoms with van der Waals surface area (Å²) in [7, 11) is 0. The normalized spacial score (nSPS) is 10.3. The fourth-order valence-electron chi connectivity index (χ4n) is 1.84. The summed E-state index contributed by atoms with van der Waals surface area (Å²) in [6.07, 6.45) is 1.75. The lowest BCUT2D eigenvalue weighted by Crippen LogP contribution is -2.39. The van der Waals surface area contributed by atoms with Crippen molar-refractivity contribution in [1.82, 2.24) is 0 Å². The van der Waals surface area contributed by atoms with Gasteiger partial charge in [0.05, 0.1) is 5.69 Å². The number of carboxylic acids is 1. The van der Waals surface area contributed by atoms with Gasteiger partial charge in [-0.1, -0.05) is 36.4 Å². The summed E-state index contributed by atoms with van der Waals surface area (Å²) >= 11 is 5.31. The van der Waals surface area contributed by atoms with Crippen molar-refractivity contribution in [3.05, 3.63) is 72.8 Å². The summed E-state index contributed by atoms with van der Waals surface area (Å²) in [5.41, 5.74) is 1.27. The number of thiocarbonyl (C=S) groups is 1. The molecule has 0 spiro atoms. The molecule has 2 aromatic rings. The summed E-state index contributed by atoms with van der Waals surface area (Å²) in [5, 5.41) is 11.8. The molecule has 0 aliphatic rings. The second-order valence-electron chi connectivity index (χ2n) is 4.48. The maximum atomic E-state index is 12.3. The highest BCUT2D eigenvalue weighted by Gasteiger charge is 2.18. The highest BCUT2D eigenvalue weighted by Crippen LogP contribution is 2.16. The summed E-state index contributed by atoms with van der Waals surface area (Å²) < 4.78 is 0. The summed E-state index contributed by atoms with van der Waals surface area (Å²) in [6, 6.07) is 17.9. The van der Waals surface area contributed by atoms with Crippen LogP contribution in [0.25, 0.3) is 0 Å². The Hall–Kier alpha value is -2.99. The van der Waals surface area contributed by atoms with Gasteiger partial charge >= 0.3 is 5.97 Å². The molecule has 2 aromatic carbocycles. The van der Waals surface area contributed by atoms with Gasteiger partial charge in [-0.05, 0) is 36.5 Å². The Morgan fingerprint density at radius 1 is 0.957 bits per heavy atom. The Kier molecular flexibility index (Phi) is 5.60. The van der Waals surface area contributed by atoms with Crippen LogP contribution in [0.15, 0.2) is 72.8 Å². The lowest BCUT2D eigenvalue weighted by molar-refractivity contribution is -0.131. The number of hydrogen-bond donors (Lipinski definition) is 2. The molecule has 23 heavy (non-hydrogen) atoms. The quantitative estimate of drug-likeness (QED) is 0.667. The van der Waals surface area contributed by atoms with Crippen molar-refractivity contribution in [3.8, 4) is 0 Å². The molecule has 116 valence electrons. The van der Waals surface area contributed by atoms with Gasteiger partial charge in [0.1, 0.15) is 0 Å². The lowest BCUT2D eigenvalue weighted by Gasteiger charge is -2.22. The van der Waals surface area contributed by atoms with Crippen LogP contribution in [0.4, 0.5) is 11.4 Å². The number of para-hydroxylation sites is 2. The van der Waals surface area contributed by atoms with E-state index in [0.717, 1.165) is 17.8 Å². The van der Waals surface area contributed by atoms with Gasteiger partial charge in [-0.25, -0.2) is 4.79 Å². The number of hydrogen-bond acceptors (Lipinski definition) is 3. The van der Waals surface area contributed by atoms with Crippen molar-refractivity contribution in [3.63, 3.8) is 0 Å². The van der Waals surface area contributed by atoms with Crippen LogP contribution in [0.2, 0.25) is 0 Å². The van der Waals surface area contributed by atoms with Crippen molar-refractivity contribution in [2.45, 2.75) is 0 Å². The van der Waals surface area contributed by atoms with E-state index < -0.39 is 11.9 Å². The Bertz CT molecular complexity index is 730. The van der Waals surface area contributed by atoms with E-state index in [4.69, 9.17) is 17.3 Å². The van der Waals surface area contributed by atoms with E-state index in [1.165, 1.54) is 4.90 Å². The van der Waals surface area contributed by atoms with Crippen molar-refractivity contribution in [2.24, 2.45) is 0 Å². The minimum absolute atomic E-state index is 0.155. The van der Waals surface area contributed by atoms with Gasteiger partial charge in [0, 0.05) is 17.8 Å². The van der Waals surface area contributed by atoms with E-state index in [-0.39, 0.29) is 5.11 Å². The number of anilines is 2. The molecule has 0 fully saturated rings. The molecule has 0 aromatic heterocycles. The van der Waals surface area contributed by atoms with Crippen LogP contribution < -0.4 is 10.2 Å². The minimum atomic E-state index is -1.20. The summed E-state index contributed by atoms with van der Waals surface area (Å²) in [4.78, 5) is 24.2. The van der Waals surface area contributed by atoms with E-state index in [2.05, 4.69) is 5.32 Å². The molecule has 0 bridgehead atoms. The Morgan fingerprint density at radius 2 is 1.52 bits per heavy atom. The van der Waals surface area contributed by atoms with E-state index in [0.29, 0.717) is 5.69 Å². The molecular weight excluding hydrogens is 312 g/mol. The van der Waals surface area contributed by atoms with Crippen LogP contribution in [0.5, 0.6) is 0 Å². The first-order chi connectivity index (χ1) is 11.1. The van der Waals surface area contributed by atoms with E-state index >= 15 is 0 Å². The molecule has 2 rings (SSSR count). The summed E-state index contributed by atoms with van der Waals surface area (Å²) in [6.45, 7) is 0. The van der Waals surface area contributed by atoms with E-state index in [1.54, 1.807) is 24.3 Å². The topological polar surface area (TPSA) is 69.6 Å². The molecule has 0 heterocycles. The highest BCUT2D eigenvalue weighted by atomic mass is 32.1. The predicted octanol–water partition coefficient (Wildman–Crippen LogP) is 3.06. The Labute approximate surface area is 138 Å². The zero-order chi connectivity index (χ0) is 16.7. The first-order valence-corrected chi connectivity index (χ1v) is 7.15. The van der Waals surface area contributed by atoms with Gasteiger partial charge in [-0.15, -0.1) is 0 Å². The minimum Gasteiger partial charge on any atom is -0.478 e. The molecule has 6 heteroatoms. The number of benzene rings is 2. The molecule has 0 aliphatic carbocycles. The molecule has 0 saturated carbocycles. The number of aliphatic carboxylic acids is 1. The van der Waals surface area contributed by atoms with Crippen LogP contribution in [-0.4, -0.2) is 22.1 Å². The molecule has 0 aliphatic heterocycles. The van der Waals surface area contributed by atoms with Crippen LogP contribution in [0.1, 0.15) is 0 Å². The van der Waals surface area contributed by atoms with Gasteiger partial charge in [0.2, 0.25) is 0 Å². The highest BCUT2D eigenvalue weighted by molar-refractivity contribution is 7.80. The van der Waals surface area contributed by atoms with E-state index in [1.807, 2.05) is 36.4 Å². The van der Waals surface area contributed by atoms with Crippen LogP contribution in [0, 0.1) is 0 Å². The van der Waals surface area contributed by atoms with Crippen molar-refractivity contribution in [1.29, 1.82) is 0 Å². The third-order valence-corrected chi connectivity index (χ3v) is 3.12. The van der Waals surface area contributed by atoms with Crippen molar-refractivity contribution in [2.75, 3.05) is 10.2 Å². The van der Waals surface area contributed by atoms with Crippen LogP contribution >= 0.6 is 12.2 Å². The molecule has 0 saturated heterocycles. The number of nitrogens with zero attached hydrogens (tertiary/aromatic N) is 1. The SMILES string of the molecule is O=C(O)/C=C\C(=O)N(C(=S)Nc1ccccc1)c1ccccc1. The second kappa shape index (κ2) is 7.86. The molecule has 5 nitrogen and oxygen atoms in total. The molecular formula is C17H14N2O3S. The van der Waals surface area contributed by atoms with Gasteiger partial charge in [-0.3, -0.25) is 9.69 Å². The molecule has 0 unspecified atom stereocenters. The van der Waals surface area contributed by atoms with Crippen molar-refractivity contribution < 1.29 is 14.7 Å². The number of amides is 1. The smallest absolute Gasteiger partial charge is 0.328 e. The van der Waals surface area contributed by atoms with Crippen LogP contribution in [-0.2, 0) is 9.59 Å². The van der Waals surface area contributed by atoms with Crippen LogP contribution in [0.3, 0.4) is 0 Å². The average Bonchev–Trinajstić information content (AvgIpc) is 2.55. The molecule has 0 atom stereocenters. The maximum absolute atomic E-state index is 12.3. The molecule has 1 amide bonds. The fourth-order valence-corrected chi connectivity index (χ4v) is 2.15. The summed E-state index contributed by atoms with van der Waals surface area (Å²) in [5.74, 6) is -1.75. The maximum Gasteiger partial charge on any atom is 0.328 e. The van der Waals surface area contributed by atoms with E-state index in [9.17, 15) is 9.59 Å². The predicted molar refractivity (Wildman–Crippen MR) is 93.4 cm³/mol. The first-order valence-electron chi connectivity index (χ1n) is 6.74. The number of carbonyl (C=O) groups is 2. The number of rotatable bonds is 4. The third-order valence-electron chi connectivity index (χ3n) is 2.83. The third kappa shape index (κ3) is 4.76. The first kappa shape index (κ1) is 16.4. The lowest BCUT2D eigenvalue weighted by atomic mass is 10.3. The fraction of sp³-hybridized carbons (Fsp3) is 0. The van der Waals surface area contributed by atoms with Gasteiger partial charge in [0.25, 0.3) is 5.91 Å².